The Balaban J connectivity index is 2.16. The third kappa shape index (κ3) is 4.59. The molecule has 21 heavy (non-hydrogen) atoms. The van der Waals surface area contributed by atoms with Crippen molar-refractivity contribution in [2.24, 2.45) is 0 Å². The Labute approximate surface area is 135 Å². The van der Waals surface area contributed by atoms with E-state index in [1.807, 2.05) is 18.2 Å². The molecule has 2 N–H and O–H groups in total. The lowest BCUT2D eigenvalue weighted by atomic mass is 10.1. The Kier molecular flexibility index (Phi) is 5.84. The number of thioether (sulfide) groups is 1. The van der Waals surface area contributed by atoms with E-state index in [-0.39, 0.29) is 5.97 Å². The molecular weight excluding hydrogens is 330 g/mol. The lowest BCUT2D eigenvalue weighted by Crippen LogP contribution is -2.22. The van der Waals surface area contributed by atoms with Crippen molar-refractivity contribution in [2.45, 2.75) is 22.9 Å². The summed E-state index contributed by atoms with van der Waals surface area (Å²) in [5.74, 6) is -0.295. The van der Waals surface area contributed by atoms with E-state index in [0.29, 0.717) is 27.5 Å². The van der Waals surface area contributed by atoms with E-state index in [4.69, 9.17) is 22.1 Å². The van der Waals surface area contributed by atoms with Crippen molar-refractivity contribution in [3.63, 3.8) is 0 Å². The third-order valence-corrected chi connectivity index (χ3v) is 4.96. The third-order valence-electron chi connectivity index (χ3n) is 2.58. The molecule has 1 aromatic heterocycles. The number of hydrogen-bond acceptors (Lipinski definition) is 7. The normalized spacial score (nSPS) is 12.1. The molecule has 0 fully saturated rings. The average molecular weight is 344 g/mol. The number of nitrogens with two attached hydrogens (primary N) is 1. The quantitative estimate of drug-likeness (QED) is 0.641. The van der Waals surface area contributed by atoms with Gasteiger partial charge in [0.1, 0.15) is 5.25 Å². The Morgan fingerprint density at radius 3 is 2.86 bits per heavy atom. The van der Waals surface area contributed by atoms with Crippen LogP contribution in [0.4, 0.5) is 5.13 Å². The number of esters is 1. The maximum atomic E-state index is 12.1. The van der Waals surface area contributed by atoms with Crippen molar-refractivity contribution < 1.29 is 9.53 Å². The van der Waals surface area contributed by atoms with E-state index in [0.717, 1.165) is 5.56 Å². The van der Waals surface area contributed by atoms with Crippen LogP contribution >= 0.6 is 34.7 Å². The summed E-state index contributed by atoms with van der Waals surface area (Å²) in [6, 6.07) is 7.43. The van der Waals surface area contributed by atoms with Gasteiger partial charge in [-0.1, -0.05) is 52.9 Å². The number of anilines is 1. The molecule has 8 heteroatoms. The molecule has 0 bridgehead atoms. The minimum atomic E-state index is -0.433. The molecule has 0 saturated carbocycles. The van der Waals surface area contributed by atoms with Crippen LogP contribution in [0.15, 0.2) is 28.6 Å². The zero-order valence-electron chi connectivity index (χ0n) is 11.3. The number of nitrogens with zero attached hydrogens (tertiary/aromatic N) is 2. The van der Waals surface area contributed by atoms with E-state index in [1.54, 1.807) is 13.0 Å². The van der Waals surface area contributed by atoms with Crippen molar-refractivity contribution in [1.82, 2.24) is 10.2 Å². The lowest BCUT2D eigenvalue weighted by molar-refractivity contribution is -0.142. The fraction of sp³-hybridized carbons (Fsp3) is 0.308. The van der Waals surface area contributed by atoms with E-state index in [9.17, 15) is 4.79 Å². The highest BCUT2D eigenvalue weighted by Gasteiger charge is 2.24. The molecule has 112 valence electrons. The van der Waals surface area contributed by atoms with Gasteiger partial charge in [-0.05, 0) is 25.0 Å². The average Bonchev–Trinajstić information content (AvgIpc) is 2.86. The first-order valence-corrected chi connectivity index (χ1v) is 8.33. The Hall–Kier alpha value is -1.31. The Bertz CT molecular complexity index is 621. The molecule has 0 aliphatic carbocycles. The number of benzene rings is 1. The summed E-state index contributed by atoms with van der Waals surface area (Å²) >= 11 is 8.69. The standard InChI is InChI=1S/C13H14ClN3O2S2/c1-2-19-11(18)10(20-13-17-16-12(15)21-13)7-8-5-3-4-6-9(8)14/h3-6,10H,2,7H2,1H3,(H2,15,16). The van der Waals surface area contributed by atoms with Crippen LogP contribution in [0.3, 0.4) is 0 Å². The monoisotopic (exact) mass is 343 g/mol. The Morgan fingerprint density at radius 2 is 2.24 bits per heavy atom. The first-order chi connectivity index (χ1) is 10.1. The van der Waals surface area contributed by atoms with Gasteiger partial charge < -0.3 is 10.5 Å². The van der Waals surface area contributed by atoms with Crippen LogP contribution in [0.2, 0.25) is 5.02 Å². The lowest BCUT2D eigenvalue weighted by Gasteiger charge is -2.14. The number of ether oxygens (including phenoxy) is 1. The van der Waals surface area contributed by atoms with Gasteiger partial charge in [-0.15, -0.1) is 10.2 Å². The van der Waals surface area contributed by atoms with Crippen molar-refractivity contribution in [3.8, 4) is 0 Å². The molecular formula is C13H14ClN3O2S2. The van der Waals surface area contributed by atoms with Gasteiger partial charge in [0.25, 0.3) is 0 Å². The van der Waals surface area contributed by atoms with Crippen molar-refractivity contribution in [3.05, 3.63) is 34.9 Å². The molecule has 0 spiro atoms. The van der Waals surface area contributed by atoms with Crippen LogP contribution in [-0.4, -0.2) is 28.0 Å². The first kappa shape index (κ1) is 16.1. The fourth-order valence-corrected chi connectivity index (χ4v) is 3.77. The predicted molar refractivity (Wildman–Crippen MR) is 85.8 cm³/mol. The van der Waals surface area contributed by atoms with Crippen LogP contribution in [0, 0.1) is 0 Å². The molecule has 1 unspecified atom stereocenters. The minimum Gasteiger partial charge on any atom is -0.465 e. The van der Waals surface area contributed by atoms with Crippen LogP contribution < -0.4 is 5.73 Å². The molecule has 0 saturated heterocycles. The van der Waals surface area contributed by atoms with Gasteiger partial charge in [0.2, 0.25) is 5.13 Å². The number of hydrogen-bond donors (Lipinski definition) is 1. The fourth-order valence-electron chi connectivity index (χ4n) is 1.66. The predicted octanol–water partition coefficient (Wildman–Crippen LogP) is 3.04. The highest BCUT2D eigenvalue weighted by atomic mass is 35.5. The highest BCUT2D eigenvalue weighted by molar-refractivity contribution is 8.02. The molecule has 1 atom stereocenters. The minimum absolute atomic E-state index is 0.295. The van der Waals surface area contributed by atoms with Crippen LogP contribution in [-0.2, 0) is 16.0 Å². The van der Waals surface area contributed by atoms with E-state index >= 15 is 0 Å². The summed E-state index contributed by atoms with van der Waals surface area (Å²) in [7, 11) is 0. The van der Waals surface area contributed by atoms with E-state index in [1.165, 1.54) is 23.1 Å². The van der Waals surface area contributed by atoms with Gasteiger partial charge in [-0.25, -0.2) is 0 Å². The van der Waals surface area contributed by atoms with Gasteiger partial charge in [0.05, 0.1) is 6.61 Å². The van der Waals surface area contributed by atoms with Crippen LogP contribution in [0.1, 0.15) is 12.5 Å². The van der Waals surface area contributed by atoms with Crippen molar-refractivity contribution >= 4 is 45.8 Å². The topological polar surface area (TPSA) is 78.1 Å². The first-order valence-electron chi connectivity index (χ1n) is 6.25. The number of carbonyl (C=O) groups excluding carboxylic acids is 1. The highest BCUT2D eigenvalue weighted by Crippen LogP contribution is 2.31. The number of carbonyl (C=O) groups is 1. The molecule has 1 heterocycles. The molecule has 2 rings (SSSR count). The SMILES string of the molecule is CCOC(=O)C(Cc1ccccc1Cl)Sc1nnc(N)s1. The van der Waals surface area contributed by atoms with E-state index in [2.05, 4.69) is 10.2 Å². The molecule has 5 nitrogen and oxygen atoms in total. The number of nitrogen functional groups attached to an aromatic ring is 1. The molecule has 1 aromatic carbocycles. The number of aromatic nitrogens is 2. The summed E-state index contributed by atoms with van der Waals surface area (Å²) in [4.78, 5) is 12.1. The van der Waals surface area contributed by atoms with Crippen molar-refractivity contribution in [1.29, 1.82) is 0 Å². The second kappa shape index (κ2) is 7.63. The molecule has 0 aliphatic rings. The second-order valence-corrected chi connectivity index (χ2v) is 6.93. The summed E-state index contributed by atoms with van der Waals surface area (Å²) in [5.41, 5.74) is 6.45. The van der Waals surface area contributed by atoms with Crippen molar-refractivity contribution in [2.75, 3.05) is 12.3 Å². The van der Waals surface area contributed by atoms with Crippen LogP contribution in [0.25, 0.3) is 0 Å². The molecule has 2 aromatic rings. The van der Waals surface area contributed by atoms with Gasteiger partial charge >= 0.3 is 5.97 Å². The summed E-state index contributed by atoms with van der Waals surface area (Å²) in [6.45, 7) is 2.11. The zero-order chi connectivity index (χ0) is 15.2. The maximum Gasteiger partial charge on any atom is 0.319 e. The van der Waals surface area contributed by atoms with Gasteiger partial charge in [-0.3, -0.25) is 4.79 Å². The molecule has 0 radical (unpaired) electrons. The second-order valence-electron chi connectivity index (χ2n) is 4.06. The van der Waals surface area contributed by atoms with Gasteiger partial charge in [-0.2, -0.15) is 0 Å². The largest absolute Gasteiger partial charge is 0.465 e. The number of rotatable bonds is 6. The molecule has 0 aliphatic heterocycles. The zero-order valence-corrected chi connectivity index (χ0v) is 13.7. The summed E-state index contributed by atoms with van der Waals surface area (Å²) in [6.07, 6.45) is 0.461. The van der Waals surface area contributed by atoms with Gasteiger partial charge in [0.15, 0.2) is 4.34 Å². The van der Waals surface area contributed by atoms with Crippen LogP contribution in [0.5, 0.6) is 0 Å². The summed E-state index contributed by atoms with van der Waals surface area (Å²) < 4.78 is 5.75. The summed E-state index contributed by atoms with van der Waals surface area (Å²) in [5, 5.41) is 8.24. The van der Waals surface area contributed by atoms with Gasteiger partial charge in [0, 0.05) is 5.02 Å². The van der Waals surface area contributed by atoms with E-state index < -0.39 is 5.25 Å². The Morgan fingerprint density at radius 1 is 1.48 bits per heavy atom. The maximum absolute atomic E-state index is 12.1. The smallest absolute Gasteiger partial charge is 0.319 e. The molecule has 0 amide bonds. The number of halogens is 1.